The van der Waals surface area contributed by atoms with E-state index in [2.05, 4.69) is 16.3 Å². The second-order valence-electron chi connectivity index (χ2n) is 7.96. The van der Waals surface area contributed by atoms with E-state index in [1.807, 2.05) is 23.1 Å². The molecule has 0 unspecified atom stereocenters. The highest BCUT2D eigenvalue weighted by Crippen LogP contribution is 2.41. The van der Waals surface area contributed by atoms with Gasteiger partial charge in [-0.1, -0.05) is 23.7 Å². The van der Waals surface area contributed by atoms with E-state index in [0.29, 0.717) is 25.5 Å². The predicted molar refractivity (Wildman–Crippen MR) is 108 cm³/mol. The van der Waals surface area contributed by atoms with Crippen LogP contribution in [0.3, 0.4) is 0 Å². The molecule has 154 valence electrons. The first-order chi connectivity index (χ1) is 13.9. The van der Waals surface area contributed by atoms with Gasteiger partial charge in [-0.15, -0.1) is 10.2 Å². The van der Waals surface area contributed by atoms with Gasteiger partial charge in [-0.05, 0) is 43.4 Å². The second kappa shape index (κ2) is 7.76. The van der Waals surface area contributed by atoms with Crippen LogP contribution in [-0.4, -0.2) is 50.6 Å². The first kappa shape index (κ1) is 19.8. The molecule has 1 aliphatic carbocycles. The Hall–Kier alpha value is -2.45. The first-order valence-corrected chi connectivity index (χ1v) is 10.3. The van der Waals surface area contributed by atoms with Crippen LogP contribution in [-0.2, 0) is 23.2 Å². The number of benzene rings is 1. The fourth-order valence-electron chi connectivity index (χ4n) is 4.70. The highest BCUT2D eigenvalue weighted by Gasteiger charge is 2.40. The monoisotopic (exact) mass is 416 g/mol. The molecule has 1 fully saturated rings. The van der Waals surface area contributed by atoms with Crippen LogP contribution in [0.2, 0.25) is 5.02 Å². The van der Waals surface area contributed by atoms with Crippen molar-refractivity contribution in [3.63, 3.8) is 0 Å². The molecule has 0 atom stereocenters. The second-order valence-corrected chi connectivity index (χ2v) is 8.40. The van der Waals surface area contributed by atoms with Gasteiger partial charge in [0.15, 0.2) is 0 Å². The quantitative estimate of drug-likeness (QED) is 0.760. The predicted octanol–water partition coefficient (Wildman–Crippen LogP) is 1.25. The molecule has 29 heavy (non-hydrogen) atoms. The van der Waals surface area contributed by atoms with Gasteiger partial charge in [-0.2, -0.15) is 0 Å². The summed E-state index contributed by atoms with van der Waals surface area (Å²) in [5.74, 6) is 0.124. The third-order valence-electron chi connectivity index (χ3n) is 6.36. The number of hydrogen-bond acceptors (Lipinski definition) is 5. The lowest BCUT2D eigenvalue weighted by molar-refractivity contribution is -0.117. The van der Waals surface area contributed by atoms with Gasteiger partial charge in [0, 0.05) is 36.1 Å². The number of rotatable bonds is 5. The van der Waals surface area contributed by atoms with Crippen molar-refractivity contribution in [2.24, 2.45) is 11.5 Å². The number of aromatic nitrogens is 3. The lowest BCUT2D eigenvalue weighted by Gasteiger charge is -2.44. The number of fused-ring (bicyclic) bond motifs is 1. The van der Waals surface area contributed by atoms with Crippen LogP contribution < -0.4 is 11.5 Å². The standard InChI is InChI=1S/C20H25ClN6O2/c21-14-3-1-2-13(10-14)20(12-22)6-4-15(5-7-20)26-8-9-27-17(11-16(23)28)24-25-18(27)19(26)29/h1-3,10,15H,4-9,11-12,22H2,(H2,23,28). The zero-order chi connectivity index (χ0) is 20.6. The molecule has 1 aromatic carbocycles. The molecule has 0 saturated heterocycles. The van der Waals surface area contributed by atoms with Crippen molar-refractivity contribution >= 4 is 23.4 Å². The zero-order valence-corrected chi connectivity index (χ0v) is 16.9. The smallest absolute Gasteiger partial charge is 0.292 e. The molecule has 0 bridgehead atoms. The van der Waals surface area contributed by atoms with Gasteiger partial charge in [0.05, 0.1) is 6.42 Å². The van der Waals surface area contributed by atoms with E-state index in [0.717, 1.165) is 30.7 Å². The van der Waals surface area contributed by atoms with Crippen molar-refractivity contribution in [2.75, 3.05) is 13.1 Å². The summed E-state index contributed by atoms with van der Waals surface area (Å²) in [5.41, 5.74) is 12.5. The summed E-state index contributed by atoms with van der Waals surface area (Å²) < 4.78 is 1.71. The van der Waals surface area contributed by atoms with Gasteiger partial charge in [0.2, 0.25) is 11.7 Å². The topological polar surface area (TPSA) is 120 Å². The summed E-state index contributed by atoms with van der Waals surface area (Å²) >= 11 is 6.20. The summed E-state index contributed by atoms with van der Waals surface area (Å²) in [6, 6.07) is 8.07. The number of amides is 2. The van der Waals surface area contributed by atoms with E-state index in [1.54, 1.807) is 4.57 Å². The van der Waals surface area contributed by atoms with Crippen molar-refractivity contribution < 1.29 is 9.59 Å². The van der Waals surface area contributed by atoms with Crippen LogP contribution in [0.15, 0.2) is 24.3 Å². The minimum absolute atomic E-state index is 0.0115. The van der Waals surface area contributed by atoms with Gasteiger partial charge >= 0.3 is 0 Å². The summed E-state index contributed by atoms with van der Waals surface area (Å²) in [6.45, 7) is 1.70. The van der Waals surface area contributed by atoms with Crippen molar-refractivity contribution in [1.82, 2.24) is 19.7 Å². The van der Waals surface area contributed by atoms with Crippen LogP contribution in [0.4, 0.5) is 0 Å². The third-order valence-corrected chi connectivity index (χ3v) is 6.59. The molecular formula is C20H25ClN6O2. The molecule has 2 heterocycles. The van der Waals surface area contributed by atoms with Gasteiger partial charge in [0.25, 0.3) is 5.91 Å². The largest absolute Gasteiger partial charge is 0.369 e. The first-order valence-electron chi connectivity index (χ1n) is 9.91. The molecule has 4 N–H and O–H groups in total. The summed E-state index contributed by atoms with van der Waals surface area (Å²) in [5, 5.41) is 8.72. The maximum absolute atomic E-state index is 13.0. The van der Waals surface area contributed by atoms with Crippen molar-refractivity contribution in [3.05, 3.63) is 46.5 Å². The lowest BCUT2D eigenvalue weighted by Crippen LogP contribution is -2.51. The van der Waals surface area contributed by atoms with E-state index >= 15 is 0 Å². The molecule has 2 aliphatic rings. The van der Waals surface area contributed by atoms with E-state index in [1.165, 1.54) is 5.56 Å². The molecule has 8 nitrogen and oxygen atoms in total. The van der Waals surface area contributed by atoms with Crippen LogP contribution in [0, 0.1) is 0 Å². The molecule has 1 aromatic heterocycles. The number of hydrogen-bond donors (Lipinski definition) is 2. The molecule has 2 amide bonds. The number of carbonyl (C=O) groups excluding carboxylic acids is 2. The fraction of sp³-hybridized carbons (Fsp3) is 0.500. The minimum Gasteiger partial charge on any atom is -0.369 e. The van der Waals surface area contributed by atoms with Gasteiger partial charge < -0.3 is 20.9 Å². The Morgan fingerprint density at radius 3 is 2.66 bits per heavy atom. The Morgan fingerprint density at radius 2 is 2.00 bits per heavy atom. The van der Waals surface area contributed by atoms with E-state index < -0.39 is 5.91 Å². The maximum Gasteiger partial charge on any atom is 0.292 e. The highest BCUT2D eigenvalue weighted by molar-refractivity contribution is 6.30. The van der Waals surface area contributed by atoms with E-state index in [-0.39, 0.29) is 29.6 Å². The van der Waals surface area contributed by atoms with Gasteiger partial charge in [0.1, 0.15) is 5.82 Å². The number of halogens is 1. The molecule has 0 radical (unpaired) electrons. The van der Waals surface area contributed by atoms with Crippen LogP contribution >= 0.6 is 11.6 Å². The van der Waals surface area contributed by atoms with Crippen molar-refractivity contribution in [2.45, 2.75) is 50.1 Å². The maximum atomic E-state index is 13.0. The fourth-order valence-corrected chi connectivity index (χ4v) is 4.89. The SMILES string of the molecule is NCC1(c2cccc(Cl)c2)CCC(N2CCn3c(CC(N)=O)nnc3C2=O)CC1. The number of nitrogens with two attached hydrogens (primary N) is 2. The van der Waals surface area contributed by atoms with Crippen LogP contribution in [0.25, 0.3) is 0 Å². The Morgan fingerprint density at radius 1 is 1.24 bits per heavy atom. The summed E-state index contributed by atoms with van der Waals surface area (Å²) in [4.78, 5) is 26.1. The summed E-state index contributed by atoms with van der Waals surface area (Å²) in [7, 11) is 0. The Kier molecular flexibility index (Phi) is 5.31. The number of carbonyl (C=O) groups is 2. The van der Waals surface area contributed by atoms with Crippen molar-refractivity contribution in [3.8, 4) is 0 Å². The van der Waals surface area contributed by atoms with Crippen LogP contribution in [0.5, 0.6) is 0 Å². The normalized spacial score (nSPS) is 24.4. The average molecular weight is 417 g/mol. The molecule has 2 aromatic rings. The molecule has 9 heteroatoms. The van der Waals surface area contributed by atoms with E-state index in [4.69, 9.17) is 23.1 Å². The molecule has 1 aliphatic heterocycles. The van der Waals surface area contributed by atoms with Crippen molar-refractivity contribution in [1.29, 1.82) is 0 Å². The Bertz CT molecular complexity index is 935. The minimum atomic E-state index is -0.485. The zero-order valence-electron chi connectivity index (χ0n) is 16.2. The number of primary amides is 1. The molecule has 0 spiro atoms. The third kappa shape index (κ3) is 3.62. The van der Waals surface area contributed by atoms with Gasteiger partial charge in [-0.25, -0.2) is 0 Å². The lowest BCUT2D eigenvalue weighted by atomic mass is 9.68. The molecular weight excluding hydrogens is 392 g/mol. The Labute approximate surface area is 174 Å². The van der Waals surface area contributed by atoms with E-state index in [9.17, 15) is 9.59 Å². The van der Waals surface area contributed by atoms with Crippen LogP contribution in [0.1, 0.15) is 47.7 Å². The van der Waals surface area contributed by atoms with Gasteiger partial charge in [-0.3, -0.25) is 9.59 Å². The Balaban J connectivity index is 1.48. The average Bonchev–Trinajstić information content (AvgIpc) is 3.11. The summed E-state index contributed by atoms with van der Waals surface area (Å²) in [6.07, 6.45) is 3.54. The molecule has 1 saturated carbocycles. The number of nitrogens with zero attached hydrogens (tertiary/aromatic N) is 4. The highest BCUT2D eigenvalue weighted by atomic mass is 35.5. The molecule has 4 rings (SSSR count).